The maximum absolute atomic E-state index is 12.1. The third kappa shape index (κ3) is 3.03. The van der Waals surface area contributed by atoms with Crippen molar-refractivity contribution < 1.29 is 14.7 Å². The summed E-state index contributed by atoms with van der Waals surface area (Å²) < 4.78 is 0.543. The van der Waals surface area contributed by atoms with E-state index in [0.717, 1.165) is 5.56 Å². The molecule has 102 valence electrons. The maximum atomic E-state index is 12.1. The van der Waals surface area contributed by atoms with Gasteiger partial charge in [0.2, 0.25) is 0 Å². The molecule has 0 saturated heterocycles. The lowest BCUT2D eigenvalue weighted by molar-refractivity contribution is 0.0698. The second kappa shape index (κ2) is 5.83. The van der Waals surface area contributed by atoms with E-state index in [0.29, 0.717) is 4.47 Å². The number of carboxylic acids is 1. The minimum Gasteiger partial charge on any atom is -0.478 e. The number of hydrogen-bond acceptors (Lipinski definition) is 3. The van der Waals surface area contributed by atoms with Gasteiger partial charge in [0.25, 0.3) is 5.91 Å². The molecule has 2 rings (SSSR count). The maximum Gasteiger partial charge on any atom is 0.337 e. The Morgan fingerprint density at radius 2 is 2.05 bits per heavy atom. The summed E-state index contributed by atoms with van der Waals surface area (Å²) in [4.78, 5) is 27.2. The Balaban J connectivity index is 2.33. The van der Waals surface area contributed by atoms with E-state index in [4.69, 9.17) is 5.11 Å². The summed E-state index contributed by atoms with van der Waals surface area (Å²) in [6.07, 6.45) is 1.49. The normalized spacial score (nSPS) is 10.1. The molecule has 0 bridgehead atoms. The predicted molar refractivity (Wildman–Crippen MR) is 78.0 cm³/mol. The number of nitrogens with one attached hydrogen (secondary N) is 1. The lowest BCUT2D eigenvalue weighted by Crippen LogP contribution is -2.16. The Bertz CT molecular complexity index is 686. The smallest absolute Gasteiger partial charge is 0.337 e. The molecule has 0 atom stereocenters. The molecule has 1 aromatic carbocycles. The van der Waals surface area contributed by atoms with E-state index >= 15 is 0 Å². The summed E-state index contributed by atoms with van der Waals surface area (Å²) in [7, 11) is 0. The SMILES string of the molecule is Cc1ccc(NC(=O)c2ncccc2Br)c(C(=O)O)c1. The van der Waals surface area contributed by atoms with E-state index < -0.39 is 11.9 Å². The van der Waals surface area contributed by atoms with Gasteiger partial charge in [-0.2, -0.15) is 0 Å². The highest BCUT2D eigenvalue weighted by Crippen LogP contribution is 2.20. The summed E-state index contributed by atoms with van der Waals surface area (Å²) in [6, 6.07) is 8.18. The number of carbonyl (C=O) groups is 2. The first-order chi connectivity index (χ1) is 9.49. The van der Waals surface area contributed by atoms with Gasteiger partial charge in [0, 0.05) is 10.7 Å². The van der Waals surface area contributed by atoms with Crippen molar-refractivity contribution in [2.24, 2.45) is 0 Å². The fourth-order valence-electron chi connectivity index (χ4n) is 1.68. The largest absolute Gasteiger partial charge is 0.478 e. The fraction of sp³-hybridized carbons (Fsp3) is 0.0714. The van der Waals surface area contributed by atoms with E-state index in [9.17, 15) is 9.59 Å². The number of aryl methyl sites for hydroxylation is 1. The zero-order valence-corrected chi connectivity index (χ0v) is 12.1. The summed E-state index contributed by atoms with van der Waals surface area (Å²) in [5.41, 5.74) is 1.29. The molecule has 6 heteroatoms. The van der Waals surface area contributed by atoms with E-state index in [-0.39, 0.29) is 16.9 Å². The zero-order valence-electron chi connectivity index (χ0n) is 10.6. The Kier molecular flexibility index (Phi) is 4.14. The van der Waals surface area contributed by atoms with Gasteiger partial charge in [-0.05, 0) is 47.1 Å². The minimum absolute atomic E-state index is 0.0467. The Morgan fingerprint density at radius 1 is 1.30 bits per heavy atom. The summed E-state index contributed by atoms with van der Waals surface area (Å²) >= 11 is 3.23. The monoisotopic (exact) mass is 334 g/mol. The van der Waals surface area contributed by atoms with Crippen molar-refractivity contribution in [1.82, 2.24) is 4.98 Å². The summed E-state index contributed by atoms with van der Waals surface area (Å²) in [5.74, 6) is -1.56. The van der Waals surface area contributed by atoms with Crippen LogP contribution < -0.4 is 5.32 Å². The second-order valence-corrected chi connectivity index (χ2v) is 5.00. The van der Waals surface area contributed by atoms with Crippen LogP contribution in [0.15, 0.2) is 41.0 Å². The summed E-state index contributed by atoms with van der Waals surface area (Å²) in [5, 5.41) is 11.7. The van der Waals surface area contributed by atoms with Gasteiger partial charge in [0.1, 0.15) is 5.69 Å². The molecule has 0 unspecified atom stereocenters. The topological polar surface area (TPSA) is 79.3 Å². The second-order valence-electron chi connectivity index (χ2n) is 4.14. The Hall–Kier alpha value is -2.21. The van der Waals surface area contributed by atoms with Crippen LogP contribution in [0, 0.1) is 6.92 Å². The molecule has 20 heavy (non-hydrogen) atoms. The van der Waals surface area contributed by atoms with Crippen LogP contribution in [0.5, 0.6) is 0 Å². The molecule has 2 N–H and O–H groups in total. The highest BCUT2D eigenvalue weighted by Gasteiger charge is 2.16. The quantitative estimate of drug-likeness (QED) is 0.903. The van der Waals surface area contributed by atoms with Crippen molar-refractivity contribution in [2.75, 3.05) is 5.32 Å². The number of rotatable bonds is 3. The standard InChI is InChI=1S/C14H11BrN2O3/c1-8-4-5-11(9(7-8)14(19)20)17-13(18)12-10(15)3-2-6-16-12/h2-7H,1H3,(H,17,18)(H,19,20). The molecule has 1 aromatic heterocycles. The number of carboxylic acid groups (broad SMARTS) is 1. The lowest BCUT2D eigenvalue weighted by Gasteiger charge is -2.09. The average Bonchev–Trinajstić information content (AvgIpc) is 2.41. The number of halogens is 1. The van der Waals surface area contributed by atoms with Crippen molar-refractivity contribution in [1.29, 1.82) is 0 Å². The molecule has 0 spiro atoms. The van der Waals surface area contributed by atoms with Gasteiger partial charge in [-0.15, -0.1) is 0 Å². The third-order valence-electron chi connectivity index (χ3n) is 2.63. The molecular formula is C14H11BrN2O3. The first kappa shape index (κ1) is 14.2. The molecule has 5 nitrogen and oxygen atoms in total. The number of pyridine rings is 1. The predicted octanol–water partition coefficient (Wildman–Crippen LogP) is 3.10. The molecule has 1 amide bonds. The van der Waals surface area contributed by atoms with Gasteiger partial charge >= 0.3 is 5.97 Å². The molecule has 1 heterocycles. The van der Waals surface area contributed by atoms with Gasteiger partial charge in [-0.25, -0.2) is 9.78 Å². The number of aromatic nitrogens is 1. The minimum atomic E-state index is -1.09. The molecular weight excluding hydrogens is 324 g/mol. The van der Waals surface area contributed by atoms with Gasteiger partial charge in [-0.1, -0.05) is 11.6 Å². The van der Waals surface area contributed by atoms with Crippen molar-refractivity contribution in [3.8, 4) is 0 Å². The van der Waals surface area contributed by atoms with Crippen LogP contribution in [0.3, 0.4) is 0 Å². The number of aromatic carboxylic acids is 1. The number of amides is 1. The molecule has 0 aliphatic heterocycles. The lowest BCUT2D eigenvalue weighted by atomic mass is 10.1. The number of hydrogen-bond donors (Lipinski definition) is 2. The van der Waals surface area contributed by atoms with Gasteiger partial charge < -0.3 is 10.4 Å². The molecule has 2 aromatic rings. The summed E-state index contributed by atoms with van der Waals surface area (Å²) in [6.45, 7) is 1.79. The van der Waals surface area contributed by atoms with Crippen LogP contribution in [0.2, 0.25) is 0 Å². The third-order valence-corrected chi connectivity index (χ3v) is 3.27. The van der Waals surface area contributed by atoms with Crippen LogP contribution in [0.25, 0.3) is 0 Å². The van der Waals surface area contributed by atoms with Crippen LogP contribution in [-0.4, -0.2) is 22.0 Å². The van der Waals surface area contributed by atoms with Crippen molar-refractivity contribution in [2.45, 2.75) is 6.92 Å². The van der Waals surface area contributed by atoms with Gasteiger partial charge in [-0.3, -0.25) is 4.79 Å². The van der Waals surface area contributed by atoms with Crippen LogP contribution in [0.1, 0.15) is 26.4 Å². The molecule has 0 aliphatic carbocycles. The Morgan fingerprint density at radius 3 is 2.70 bits per heavy atom. The van der Waals surface area contributed by atoms with Crippen molar-refractivity contribution >= 4 is 33.5 Å². The highest BCUT2D eigenvalue weighted by atomic mass is 79.9. The van der Waals surface area contributed by atoms with E-state index in [1.807, 2.05) is 0 Å². The molecule has 0 saturated carbocycles. The number of anilines is 1. The average molecular weight is 335 g/mol. The van der Waals surface area contributed by atoms with Gasteiger partial charge in [0.05, 0.1) is 11.3 Å². The van der Waals surface area contributed by atoms with Crippen molar-refractivity contribution in [3.63, 3.8) is 0 Å². The van der Waals surface area contributed by atoms with Gasteiger partial charge in [0.15, 0.2) is 0 Å². The zero-order chi connectivity index (χ0) is 14.7. The van der Waals surface area contributed by atoms with Crippen LogP contribution in [0.4, 0.5) is 5.69 Å². The van der Waals surface area contributed by atoms with E-state index in [1.165, 1.54) is 12.3 Å². The molecule has 0 aliphatic rings. The Labute approximate surface area is 123 Å². The van der Waals surface area contributed by atoms with Crippen LogP contribution >= 0.6 is 15.9 Å². The molecule has 0 fully saturated rings. The first-order valence-electron chi connectivity index (χ1n) is 5.75. The highest BCUT2D eigenvalue weighted by molar-refractivity contribution is 9.10. The van der Waals surface area contributed by atoms with E-state index in [2.05, 4.69) is 26.2 Å². The van der Waals surface area contributed by atoms with Crippen molar-refractivity contribution in [3.05, 3.63) is 57.8 Å². The molecule has 0 radical (unpaired) electrons. The number of benzene rings is 1. The first-order valence-corrected chi connectivity index (χ1v) is 6.54. The fourth-order valence-corrected chi connectivity index (χ4v) is 2.11. The van der Waals surface area contributed by atoms with Crippen LogP contribution in [-0.2, 0) is 0 Å². The number of carbonyl (C=O) groups excluding carboxylic acids is 1. The number of nitrogens with zero attached hydrogens (tertiary/aromatic N) is 1. The van der Waals surface area contributed by atoms with E-state index in [1.54, 1.807) is 31.2 Å².